The van der Waals surface area contributed by atoms with Crippen molar-refractivity contribution in [2.75, 3.05) is 12.0 Å². The summed E-state index contributed by atoms with van der Waals surface area (Å²) in [6.07, 6.45) is 6.58. The van der Waals surface area contributed by atoms with Crippen LogP contribution in [0.3, 0.4) is 0 Å². The molecule has 0 aromatic carbocycles. The van der Waals surface area contributed by atoms with E-state index < -0.39 is 0 Å². The maximum absolute atomic E-state index is 5.14. The van der Waals surface area contributed by atoms with Gasteiger partial charge in [-0.05, 0) is 45.6 Å². The maximum atomic E-state index is 5.14. The van der Waals surface area contributed by atoms with E-state index in [1.54, 1.807) is 7.11 Å². The highest BCUT2D eigenvalue weighted by Crippen LogP contribution is 2.42. The molecule has 2 unspecified atom stereocenters. The van der Waals surface area contributed by atoms with Gasteiger partial charge in [0.05, 0.1) is 18.8 Å². The molecule has 0 radical (unpaired) electrons. The van der Waals surface area contributed by atoms with E-state index in [-0.39, 0.29) is 0 Å². The van der Waals surface area contributed by atoms with E-state index in [0.29, 0.717) is 24.7 Å². The molecule has 4 heterocycles. The quantitative estimate of drug-likeness (QED) is 0.857. The zero-order valence-corrected chi connectivity index (χ0v) is 14.5. The van der Waals surface area contributed by atoms with Crippen molar-refractivity contribution in [1.82, 2.24) is 25.0 Å². The number of ether oxygens (including phenoxy) is 1. The smallest absolute Gasteiger partial charge is 0.226 e. The van der Waals surface area contributed by atoms with Gasteiger partial charge in [0, 0.05) is 30.6 Å². The van der Waals surface area contributed by atoms with E-state index in [1.165, 1.54) is 12.8 Å². The summed E-state index contributed by atoms with van der Waals surface area (Å²) < 4.78 is 7.17. The van der Waals surface area contributed by atoms with E-state index in [0.717, 1.165) is 35.9 Å². The lowest BCUT2D eigenvalue weighted by Gasteiger charge is -2.39. The fourth-order valence-electron chi connectivity index (χ4n) is 4.22. The highest BCUT2D eigenvalue weighted by Gasteiger charge is 2.43. The summed E-state index contributed by atoms with van der Waals surface area (Å²) in [5.41, 5.74) is 2.98. The van der Waals surface area contributed by atoms with Gasteiger partial charge in [-0.15, -0.1) is 5.10 Å². The highest BCUT2D eigenvalue weighted by atomic mass is 16.5. The van der Waals surface area contributed by atoms with Gasteiger partial charge in [-0.3, -0.25) is 0 Å². The normalized spacial score (nSPS) is 26.1. The molecule has 2 fully saturated rings. The Balaban J connectivity index is 1.54. The predicted molar refractivity (Wildman–Crippen MR) is 89.8 cm³/mol. The van der Waals surface area contributed by atoms with Gasteiger partial charge in [0.1, 0.15) is 5.69 Å². The molecule has 0 aliphatic carbocycles. The lowest BCUT2D eigenvalue weighted by molar-refractivity contribution is 0.181. The molecule has 4 rings (SSSR count). The second kappa shape index (κ2) is 6.12. The third-order valence-corrected chi connectivity index (χ3v) is 5.13. The standard InChI is InChI=1S/C17H24N6O/c1-11-6-12(2)19-17(18-11)23-14-4-5-15(23)8-16(7-14)22-9-13(10-24-3)20-21-22/h6,9,14-16H,4-5,7-8,10H2,1-3H3. The van der Waals surface area contributed by atoms with Crippen LogP contribution in [0.5, 0.6) is 0 Å². The van der Waals surface area contributed by atoms with E-state index in [2.05, 4.69) is 25.2 Å². The summed E-state index contributed by atoms with van der Waals surface area (Å²) in [6.45, 7) is 4.60. The fraction of sp³-hybridized carbons (Fsp3) is 0.647. The second-order valence-electron chi connectivity index (χ2n) is 6.99. The summed E-state index contributed by atoms with van der Waals surface area (Å²) in [5.74, 6) is 0.900. The predicted octanol–water partition coefficient (Wildman–Crippen LogP) is 2.20. The molecule has 2 aromatic rings. The Morgan fingerprint density at radius 2 is 1.75 bits per heavy atom. The summed E-state index contributed by atoms with van der Waals surface area (Å²) >= 11 is 0. The molecule has 7 heteroatoms. The molecule has 2 bridgehead atoms. The minimum Gasteiger partial charge on any atom is -0.378 e. The number of rotatable bonds is 4. The van der Waals surface area contributed by atoms with Crippen molar-refractivity contribution < 1.29 is 4.74 Å². The van der Waals surface area contributed by atoms with Crippen LogP contribution in [0.4, 0.5) is 5.95 Å². The lowest BCUT2D eigenvalue weighted by atomic mass is 9.98. The number of aryl methyl sites for hydroxylation is 2. The van der Waals surface area contributed by atoms with Gasteiger partial charge in [0.2, 0.25) is 5.95 Å². The highest BCUT2D eigenvalue weighted by molar-refractivity contribution is 5.39. The van der Waals surface area contributed by atoms with Crippen LogP contribution in [-0.2, 0) is 11.3 Å². The number of methoxy groups -OCH3 is 1. The average molecular weight is 328 g/mol. The average Bonchev–Trinajstić information content (AvgIpc) is 3.09. The zero-order chi connectivity index (χ0) is 16.7. The molecule has 128 valence electrons. The van der Waals surface area contributed by atoms with E-state index >= 15 is 0 Å². The molecule has 24 heavy (non-hydrogen) atoms. The van der Waals surface area contributed by atoms with Crippen LogP contribution in [0.2, 0.25) is 0 Å². The van der Waals surface area contributed by atoms with E-state index in [1.807, 2.05) is 30.8 Å². The molecule has 2 saturated heterocycles. The molecule has 2 aromatic heterocycles. The molecule has 2 aliphatic rings. The van der Waals surface area contributed by atoms with Crippen LogP contribution >= 0.6 is 0 Å². The first kappa shape index (κ1) is 15.5. The Labute approximate surface area is 142 Å². The van der Waals surface area contributed by atoms with Crippen LogP contribution in [0.1, 0.15) is 48.8 Å². The Morgan fingerprint density at radius 3 is 2.38 bits per heavy atom. The summed E-state index contributed by atoms with van der Waals surface area (Å²) in [6, 6.07) is 3.42. The zero-order valence-electron chi connectivity index (χ0n) is 14.5. The first-order valence-electron chi connectivity index (χ1n) is 8.64. The van der Waals surface area contributed by atoms with Gasteiger partial charge in [0.15, 0.2) is 0 Å². The topological polar surface area (TPSA) is 69.0 Å². The van der Waals surface area contributed by atoms with Crippen molar-refractivity contribution in [2.24, 2.45) is 0 Å². The fourth-order valence-corrected chi connectivity index (χ4v) is 4.22. The number of fused-ring (bicyclic) bond motifs is 2. The monoisotopic (exact) mass is 328 g/mol. The Kier molecular flexibility index (Phi) is 3.96. The number of aromatic nitrogens is 5. The van der Waals surface area contributed by atoms with Gasteiger partial charge < -0.3 is 9.64 Å². The van der Waals surface area contributed by atoms with Crippen molar-refractivity contribution in [3.05, 3.63) is 29.3 Å². The number of piperidine rings is 1. The minimum absolute atomic E-state index is 0.405. The van der Waals surface area contributed by atoms with Gasteiger partial charge in [-0.1, -0.05) is 5.21 Å². The first-order chi connectivity index (χ1) is 11.6. The molecule has 7 nitrogen and oxygen atoms in total. The molecule has 0 amide bonds. The molecule has 2 atom stereocenters. The number of nitrogens with zero attached hydrogens (tertiary/aromatic N) is 6. The molecule has 0 saturated carbocycles. The minimum atomic E-state index is 0.405. The Morgan fingerprint density at radius 1 is 1.08 bits per heavy atom. The third-order valence-electron chi connectivity index (χ3n) is 5.13. The van der Waals surface area contributed by atoms with Crippen molar-refractivity contribution in [1.29, 1.82) is 0 Å². The van der Waals surface area contributed by atoms with E-state index in [9.17, 15) is 0 Å². The first-order valence-corrected chi connectivity index (χ1v) is 8.64. The summed E-state index contributed by atoms with van der Waals surface area (Å²) in [5, 5.41) is 8.52. The summed E-state index contributed by atoms with van der Waals surface area (Å²) in [4.78, 5) is 11.8. The van der Waals surface area contributed by atoms with Gasteiger partial charge in [-0.25, -0.2) is 14.6 Å². The molecular weight excluding hydrogens is 304 g/mol. The van der Waals surface area contributed by atoms with Crippen molar-refractivity contribution in [3.63, 3.8) is 0 Å². The number of hydrogen-bond acceptors (Lipinski definition) is 6. The summed E-state index contributed by atoms with van der Waals surface area (Å²) in [7, 11) is 1.68. The third kappa shape index (κ3) is 2.77. The van der Waals surface area contributed by atoms with Crippen LogP contribution in [0.25, 0.3) is 0 Å². The lowest BCUT2D eigenvalue weighted by Crippen LogP contribution is -2.44. The Bertz CT molecular complexity index is 695. The van der Waals surface area contributed by atoms with Crippen LogP contribution in [0.15, 0.2) is 12.3 Å². The maximum Gasteiger partial charge on any atom is 0.226 e. The molecule has 2 aliphatic heterocycles. The van der Waals surface area contributed by atoms with Gasteiger partial charge in [0.25, 0.3) is 0 Å². The molecule has 0 N–H and O–H groups in total. The number of anilines is 1. The van der Waals surface area contributed by atoms with Crippen LogP contribution in [-0.4, -0.2) is 44.2 Å². The van der Waals surface area contributed by atoms with Crippen molar-refractivity contribution in [2.45, 2.75) is 64.3 Å². The molecular formula is C17H24N6O. The second-order valence-corrected chi connectivity index (χ2v) is 6.99. The SMILES string of the molecule is COCc1cn(C2CC3CCC(C2)N3c2nc(C)cc(C)n2)nn1. The van der Waals surface area contributed by atoms with Gasteiger partial charge in [-0.2, -0.15) is 0 Å². The van der Waals surface area contributed by atoms with Crippen LogP contribution < -0.4 is 4.90 Å². The molecule has 0 spiro atoms. The largest absolute Gasteiger partial charge is 0.378 e. The van der Waals surface area contributed by atoms with Gasteiger partial charge >= 0.3 is 0 Å². The Hall–Kier alpha value is -2.02. The number of hydrogen-bond donors (Lipinski definition) is 0. The van der Waals surface area contributed by atoms with Crippen LogP contribution in [0, 0.1) is 13.8 Å². The van der Waals surface area contributed by atoms with Crippen molar-refractivity contribution >= 4 is 5.95 Å². The van der Waals surface area contributed by atoms with E-state index in [4.69, 9.17) is 4.74 Å². The van der Waals surface area contributed by atoms with Crippen molar-refractivity contribution in [3.8, 4) is 0 Å².